The minimum atomic E-state index is -1.89. The van der Waals surface area contributed by atoms with Crippen molar-refractivity contribution in [3.8, 4) is 0 Å². The lowest BCUT2D eigenvalue weighted by Gasteiger charge is -2.14. The van der Waals surface area contributed by atoms with Crippen LogP contribution in [0, 0.1) is 0 Å². The zero-order valence-corrected chi connectivity index (χ0v) is 10.2. The molecule has 0 aromatic heterocycles. The fourth-order valence-corrected chi connectivity index (χ4v) is 5.84. The molecule has 1 aromatic rings. The summed E-state index contributed by atoms with van der Waals surface area (Å²) in [5, 5.41) is 1.17. The Morgan fingerprint density at radius 3 is 2.00 bits per heavy atom. The SMILES string of the molecule is O[P+]1(c2ccccc2)CC2=C(CC=CC2)C1. The third-order valence-corrected chi connectivity index (χ3v) is 6.61. The first-order chi connectivity index (χ1) is 7.78. The van der Waals surface area contributed by atoms with Crippen LogP contribution in [0.5, 0.6) is 0 Å². The van der Waals surface area contributed by atoms with E-state index >= 15 is 0 Å². The van der Waals surface area contributed by atoms with Gasteiger partial charge in [-0.1, -0.05) is 30.4 Å². The molecule has 0 bridgehead atoms. The summed E-state index contributed by atoms with van der Waals surface area (Å²) in [4.78, 5) is 10.8. The van der Waals surface area contributed by atoms with Gasteiger partial charge in [-0.2, -0.15) is 0 Å². The van der Waals surface area contributed by atoms with Crippen LogP contribution in [-0.4, -0.2) is 17.2 Å². The molecule has 1 nitrogen and oxygen atoms in total. The molecule has 0 unspecified atom stereocenters. The fraction of sp³-hybridized carbons (Fsp3) is 0.286. The number of rotatable bonds is 1. The Hall–Kier alpha value is -0.910. The van der Waals surface area contributed by atoms with Crippen molar-refractivity contribution < 1.29 is 4.89 Å². The molecule has 1 N–H and O–H groups in total. The van der Waals surface area contributed by atoms with Gasteiger partial charge in [0.25, 0.3) is 0 Å². The standard InChI is InChI=1S/C14H16OP/c15-16(14-8-2-1-3-9-14)10-12-6-4-5-7-13(12)11-16/h1-5,8-9,15H,6-7,10-11H2/q+1. The van der Waals surface area contributed by atoms with Crippen LogP contribution in [0.3, 0.4) is 0 Å². The normalized spacial score (nSPS) is 22.3. The second kappa shape index (κ2) is 3.84. The molecule has 1 heterocycles. The highest BCUT2D eigenvalue weighted by atomic mass is 31.2. The van der Waals surface area contributed by atoms with Gasteiger partial charge in [-0.3, -0.25) is 0 Å². The molecule has 2 heteroatoms. The zero-order chi connectivity index (χ0) is 11.0. The molecule has 0 atom stereocenters. The van der Waals surface area contributed by atoms with Gasteiger partial charge in [-0.05, 0) is 36.1 Å². The highest BCUT2D eigenvalue weighted by Gasteiger charge is 2.46. The molecular formula is C14H16OP+. The van der Waals surface area contributed by atoms with Crippen molar-refractivity contribution in [3.05, 3.63) is 53.6 Å². The van der Waals surface area contributed by atoms with Gasteiger partial charge in [0, 0.05) is 0 Å². The van der Waals surface area contributed by atoms with E-state index in [1.165, 1.54) is 16.5 Å². The predicted molar refractivity (Wildman–Crippen MR) is 70.3 cm³/mol. The lowest BCUT2D eigenvalue weighted by Crippen LogP contribution is -2.13. The van der Waals surface area contributed by atoms with Crippen molar-refractivity contribution in [2.24, 2.45) is 0 Å². The Labute approximate surface area is 96.9 Å². The van der Waals surface area contributed by atoms with Crippen LogP contribution in [-0.2, 0) is 0 Å². The molecule has 1 aliphatic heterocycles. The van der Waals surface area contributed by atoms with Gasteiger partial charge in [0.1, 0.15) is 17.6 Å². The van der Waals surface area contributed by atoms with Gasteiger partial charge in [0.2, 0.25) is 0 Å². The first-order valence-corrected chi connectivity index (χ1v) is 7.89. The third kappa shape index (κ3) is 1.65. The van der Waals surface area contributed by atoms with Crippen molar-refractivity contribution in [2.45, 2.75) is 12.8 Å². The van der Waals surface area contributed by atoms with Gasteiger partial charge >= 0.3 is 0 Å². The number of benzene rings is 1. The largest absolute Gasteiger partial charge is 0.246 e. The first-order valence-electron chi connectivity index (χ1n) is 5.78. The molecule has 2 aliphatic rings. The molecule has 0 spiro atoms. The maximum absolute atomic E-state index is 10.8. The second-order valence-electron chi connectivity index (χ2n) is 4.66. The zero-order valence-electron chi connectivity index (χ0n) is 9.26. The van der Waals surface area contributed by atoms with Crippen molar-refractivity contribution in [1.82, 2.24) is 0 Å². The highest BCUT2D eigenvalue weighted by Crippen LogP contribution is 2.61. The molecule has 16 heavy (non-hydrogen) atoms. The van der Waals surface area contributed by atoms with E-state index in [1.807, 2.05) is 18.2 Å². The van der Waals surface area contributed by atoms with Gasteiger partial charge in [-0.15, -0.1) is 0 Å². The van der Waals surface area contributed by atoms with Crippen LogP contribution in [0.15, 0.2) is 53.6 Å². The summed E-state index contributed by atoms with van der Waals surface area (Å²) in [5.74, 6) is 0. The van der Waals surface area contributed by atoms with Crippen LogP contribution < -0.4 is 5.30 Å². The smallest absolute Gasteiger partial charge is 0.182 e. The summed E-state index contributed by atoms with van der Waals surface area (Å²) in [5.41, 5.74) is 3.00. The maximum atomic E-state index is 10.8. The van der Waals surface area contributed by atoms with Crippen LogP contribution in [0.25, 0.3) is 0 Å². The van der Waals surface area contributed by atoms with Gasteiger partial charge in [0.05, 0.1) is 0 Å². The quantitative estimate of drug-likeness (QED) is 0.582. The van der Waals surface area contributed by atoms with E-state index in [1.54, 1.807) is 0 Å². The molecule has 0 amide bonds. The molecule has 1 aromatic carbocycles. The molecule has 3 rings (SSSR count). The van der Waals surface area contributed by atoms with Crippen molar-refractivity contribution in [3.63, 3.8) is 0 Å². The Bertz CT molecular complexity index is 439. The van der Waals surface area contributed by atoms with Crippen molar-refractivity contribution >= 4 is 12.8 Å². The Balaban J connectivity index is 1.89. The molecule has 1 aliphatic carbocycles. The second-order valence-corrected chi connectivity index (χ2v) is 7.66. The Morgan fingerprint density at radius 1 is 0.875 bits per heavy atom. The van der Waals surface area contributed by atoms with Gasteiger partial charge in [-0.25, -0.2) is 4.89 Å². The summed E-state index contributed by atoms with van der Waals surface area (Å²) < 4.78 is 0. The highest BCUT2D eigenvalue weighted by molar-refractivity contribution is 7.78. The van der Waals surface area contributed by atoms with E-state index in [0.717, 1.165) is 25.2 Å². The van der Waals surface area contributed by atoms with Crippen LogP contribution in [0.4, 0.5) is 0 Å². The minimum Gasteiger partial charge on any atom is -0.246 e. The summed E-state index contributed by atoms with van der Waals surface area (Å²) in [6.07, 6.45) is 8.45. The van der Waals surface area contributed by atoms with E-state index in [4.69, 9.17) is 0 Å². The number of hydrogen-bond donors (Lipinski definition) is 1. The van der Waals surface area contributed by atoms with E-state index in [2.05, 4.69) is 24.3 Å². The van der Waals surface area contributed by atoms with Crippen LogP contribution in [0.2, 0.25) is 0 Å². The molecule has 0 radical (unpaired) electrons. The molecule has 0 saturated carbocycles. The summed E-state index contributed by atoms with van der Waals surface area (Å²) in [6, 6.07) is 10.2. The first kappa shape index (κ1) is 10.3. The lowest BCUT2D eigenvalue weighted by molar-refractivity contribution is 0.618. The van der Waals surface area contributed by atoms with Crippen LogP contribution >= 0.6 is 7.49 Å². The molecule has 0 saturated heterocycles. The molecule has 82 valence electrons. The Morgan fingerprint density at radius 2 is 1.44 bits per heavy atom. The summed E-state index contributed by atoms with van der Waals surface area (Å²) >= 11 is 0. The average molecular weight is 231 g/mol. The number of allylic oxidation sites excluding steroid dienone is 4. The predicted octanol–water partition coefficient (Wildman–Crippen LogP) is 2.90. The van der Waals surface area contributed by atoms with Crippen LogP contribution in [0.1, 0.15) is 12.8 Å². The monoisotopic (exact) mass is 231 g/mol. The molecule has 0 fully saturated rings. The van der Waals surface area contributed by atoms with E-state index in [9.17, 15) is 4.89 Å². The van der Waals surface area contributed by atoms with Crippen molar-refractivity contribution in [2.75, 3.05) is 12.3 Å². The topological polar surface area (TPSA) is 20.2 Å². The summed E-state index contributed by atoms with van der Waals surface area (Å²) in [7, 11) is -1.89. The third-order valence-electron chi connectivity index (χ3n) is 3.54. The molecular weight excluding hydrogens is 215 g/mol. The Kier molecular flexibility index (Phi) is 2.46. The van der Waals surface area contributed by atoms with Gasteiger partial charge in [0.15, 0.2) is 7.49 Å². The number of hydrogen-bond acceptors (Lipinski definition) is 1. The average Bonchev–Trinajstić information content (AvgIpc) is 2.68. The van der Waals surface area contributed by atoms with E-state index < -0.39 is 7.49 Å². The maximum Gasteiger partial charge on any atom is 0.182 e. The fourth-order valence-electron chi connectivity index (χ4n) is 2.67. The minimum absolute atomic E-state index is 0.927. The van der Waals surface area contributed by atoms with Crippen molar-refractivity contribution in [1.29, 1.82) is 0 Å². The van der Waals surface area contributed by atoms with E-state index in [-0.39, 0.29) is 0 Å². The van der Waals surface area contributed by atoms with E-state index in [0.29, 0.717) is 0 Å². The lowest BCUT2D eigenvalue weighted by atomic mass is 10.0. The summed E-state index contributed by atoms with van der Waals surface area (Å²) in [6.45, 7) is 0. The van der Waals surface area contributed by atoms with Gasteiger partial charge < -0.3 is 0 Å².